The number of rotatable bonds is 7. The zero-order valence-corrected chi connectivity index (χ0v) is 28.8. The molecule has 1 aliphatic heterocycles. The van der Waals surface area contributed by atoms with Crippen LogP contribution in [0, 0.1) is 0 Å². The lowest BCUT2D eigenvalue weighted by Crippen LogP contribution is -2.30. The summed E-state index contributed by atoms with van der Waals surface area (Å²) in [7, 11) is 0. The summed E-state index contributed by atoms with van der Waals surface area (Å²) < 4.78 is 2.37. The van der Waals surface area contributed by atoms with Gasteiger partial charge in [-0.05, 0) is 53.6 Å². The van der Waals surface area contributed by atoms with Crippen molar-refractivity contribution in [2.75, 3.05) is 15.8 Å². The van der Waals surface area contributed by atoms with Crippen molar-refractivity contribution in [2.45, 2.75) is 6.42 Å². The van der Waals surface area contributed by atoms with Gasteiger partial charge in [0.25, 0.3) is 0 Å². The summed E-state index contributed by atoms with van der Waals surface area (Å²) in [6, 6.07) is 63.3. The van der Waals surface area contributed by atoms with Gasteiger partial charge in [-0.2, -0.15) is 0 Å². The number of benzene rings is 7. The van der Waals surface area contributed by atoms with Crippen LogP contribution in [0.25, 0.3) is 50.1 Å². The molecule has 2 N–H and O–H groups in total. The predicted molar refractivity (Wildman–Crippen MR) is 218 cm³/mol. The lowest BCUT2D eigenvalue weighted by Gasteiger charge is -2.35. The van der Waals surface area contributed by atoms with Crippen LogP contribution in [-0.2, 0) is 6.42 Å². The number of nitrogens with zero attached hydrogens (tertiary/aromatic N) is 4. The fraction of sp³-hybridized carbons (Fsp3) is 0.0213. The lowest BCUT2D eigenvalue weighted by molar-refractivity contribution is 1.03. The van der Waals surface area contributed by atoms with Crippen molar-refractivity contribution in [1.82, 2.24) is 14.5 Å². The number of hydrazine groups is 1. The molecule has 53 heavy (non-hydrogen) atoms. The Morgan fingerprint density at radius 3 is 1.92 bits per heavy atom. The Hall–Kier alpha value is -7.18. The smallest absolute Gasteiger partial charge is 0.173 e. The Morgan fingerprint density at radius 1 is 0.509 bits per heavy atom. The van der Waals surface area contributed by atoms with Crippen molar-refractivity contribution in [1.29, 1.82) is 0 Å². The molecule has 0 saturated heterocycles. The Morgan fingerprint density at radius 2 is 1.15 bits per heavy atom. The molecule has 3 heterocycles. The molecule has 0 aliphatic carbocycles. The van der Waals surface area contributed by atoms with E-state index in [0.717, 1.165) is 62.7 Å². The normalized spacial score (nSPS) is 12.0. The molecule has 6 nitrogen and oxygen atoms in total. The van der Waals surface area contributed by atoms with Crippen LogP contribution in [0.5, 0.6) is 0 Å². The van der Waals surface area contributed by atoms with Gasteiger partial charge in [0, 0.05) is 39.7 Å². The van der Waals surface area contributed by atoms with Gasteiger partial charge in [0.05, 0.1) is 22.4 Å². The molecule has 0 fully saturated rings. The number of para-hydroxylation sites is 4. The average molecular weight is 683 g/mol. The third-order valence-corrected chi connectivity index (χ3v) is 10.00. The van der Waals surface area contributed by atoms with E-state index in [1.807, 2.05) is 42.5 Å². The molecule has 0 amide bonds. The van der Waals surface area contributed by atoms with Crippen molar-refractivity contribution >= 4 is 50.4 Å². The minimum absolute atomic E-state index is 0.634. The number of fused-ring (bicyclic) bond motifs is 6. The van der Waals surface area contributed by atoms with Crippen LogP contribution in [0.2, 0.25) is 0 Å². The molecule has 0 spiro atoms. The minimum Gasteiger partial charge on any atom is -0.351 e. The first kappa shape index (κ1) is 30.6. The molecule has 0 bridgehead atoms. The van der Waals surface area contributed by atoms with Gasteiger partial charge in [0.15, 0.2) is 11.6 Å². The summed E-state index contributed by atoms with van der Waals surface area (Å²) in [4.78, 5) is 10.6. The molecule has 10 rings (SSSR count). The van der Waals surface area contributed by atoms with E-state index >= 15 is 0 Å². The molecule has 2 aromatic heterocycles. The minimum atomic E-state index is 0.634. The second-order valence-electron chi connectivity index (χ2n) is 13.3. The maximum Gasteiger partial charge on any atom is 0.173 e. The highest BCUT2D eigenvalue weighted by Crippen LogP contribution is 2.47. The molecular formula is C47H34N6. The largest absolute Gasteiger partial charge is 0.351 e. The van der Waals surface area contributed by atoms with Crippen LogP contribution in [0.3, 0.4) is 0 Å². The summed E-state index contributed by atoms with van der Waals surface area (Å²) in [5.41, 5.74) is 16.5. The first-order chi connectivity index (χ1) is 26.3. The van der Waals surface area contributed by atoms with Gasteiger partial charge in [0.1, 0.15) is 11.4 Å². The van der Waals surface area contributed by atoms with Gasteiger partial charge in [-0.15, -0.1) is 0 Å². The topological polar surface area (TPSA) is 58.0 Å². The summed E-state index contributed by atoms with van der Waals surface area (Å²) in [5.74, 6) is 1.29. The van der Waals surface area contributed by atoms with Crippen LogP contribution in [0.4, 0.5) is 28.6 Å². The summed E-state index contributed by atoms with van der Waals surface area (Å²) in [5, 5.41) is 8.35. The molecule has 0 atom stereocenters. The standard InChI is InChI=1S/C47H34N6/c1-5-17-32(18-6-1)43-44(48-36-22-9-3-10-23-36)47(50-46(49-43)33-19-7-2-8-20-33)51-53-39-27-15-13-21-34(39)31-35-29-30-41-42(45(35)53)38-26-14-16-28-40(38)52(41)37-24-11-4-12-25-37/h1-30,48H,31H2,(H,49,50,51). The zero-order valence-electron chi connectivity index (χ0n) is 28.8. The van der Waals surface area contributed by atoms with Gasteiger partial charge in [-0.3, -0.25) is 10.4 Å². The van der Waals surface area contributed by atoms with Crippen LogP contribution < -0.4 is 15.8 Å². The van der Waals surface area contributed by atoms with E-state index in [1.165, 1.54) is 21.9 Å². The van der Waals surface area contributed by atoms with E-state index in [0.29, 0.717) is 11.6 Å². The highest BCUT2D eigenvalue weighted by molar-refractivity contribution is 6.17. The van der Waals surface area contributed by atoms with E-state index in [2.05, 4.69) is 160 Å². The molecule has 7 aromatic carbocycles. The van der Waals surface area contributed by atoms with Gasteiger partial charge in [-0.1, -0.05) is 140 Å². The van der Waals surface area contributed by atoms with E-state index < -0.39 is 0 Å². The first-order valence-electron chi connectivity index (χ1n) is 17.9. The Kier molecular flexibility index (Phi) is 7.43. The van der Waals surface area contributed by atoms with Crippen LogP contribution in [0.15, 0.2) is 182 Å². The number of nitrogens with one attached hydrogen (secondary N) is 2. The van der Waals surface area contributed by atoms with Crippen molar-refractivity contribution in [3.63, 3.8) is 0 Å². The molecule has 0 saturated carbocycles. The Bertz CT molecular complexity index is 2740. The fourth-order valence-corrected chi connectivity index (χ4v) is 7.61. The SMILES string of the molecule is c1ccc(Nc2c(NN3c4ccccc4Cc4ccc5c(c43)c3ccccc3n5-c3ccccc3)nc(-c3ccccc3)nc2-c2ccccc2)cc1. The molecule has 0 radical (unpaired) electrons. The third kappa shape index (κ3) is 5.36. The molecule has 1 aliphatic rings. The molecule has 0 unspecified atom stereocenters. The van der Waals surface area contributed by atoms with Crippen LogP contribution in [0.1, 0.15) is 11.1 Å². The fourth-order valence-electron chi connectivity index (χ4n) is 7.61. The van der Waals surface area contributed by atoms with E-state index in [1.54, 1.807) is 0 Å². The average Bonchev–Trinajstić information content (AvgIpc) is 3.57. The Balaban J connectivity index is 1.25. The van der Waals surface area contributed by atoms with Gasteiger partial charge in [-0.25, -0.2) is 9.97 Å². The highest BCUT2D eigenvalue weighted by Gasteiger charge is 2.30. The van der Waals surface area contributed by atoms with Crippen molar-refractivity contribution in [3.8, 4) is 28.3 Å². The summed E-state index contributed by atoms with van der Waals surface area (Å²) in [6.07, 6.45) is 0.813. The first-order valence-corrected chi connectivity index (χ1v) is 17.9. The van der Waals surface area contributed by atoms with Crippen molar-refractivity contribution in [3.05, 3.63) is 193 Å². The lowest BCUT2D eigenvalue weighted by atomic mass is 9.94. The second kappa shape index (κ2) is 12.9. The number of aromatic nitrogens is 3. The van der Waals surface area contributed by atoms with Crippen molar-refractivity contribution in [2.24, 2.45) is 0 Å². The molecule has 6 heteroatoms. The number of hydrogen-bond donors (Lipinski definition) is 2. The van der Waals surface area contributed by atoms with Gasteiger partial charge >= 0.3 is 0 Å². The maximum atomic E-state index is 5.33. The maximum absolute atomic E-state index is 5.33. The zero-order chi connectivity index (χ0) is 35.1. The summed E-state index contributed by atoms with van der Waals surface area (Å²) >= 11 is 0. The van der Waals surface area contributed by atoms with E-state index in [4.69, 9.17) is 9.97 Å². The van der Waals surface area contributed by atoms with E-state index in [-0.39, 0.29) is 0 Å². The molecule has 252 valence electrons. The molecule has 9 aromatic rings. The highest BCUT2D eigenvalue weighted by atomic mass is 15.5. The van der Waals surface area contributed by atoms with Crippen molar-refractivity contribution < 1.29 is 0 Å². The quantitative estimate of drug-likeness (QED) is 0.175. The second-order valence-corrected chi connectivity index (χ2v) is 13.3. The van der Waals surface area contributed by atoms with Gasteiger partial charge < -0.3 is 9.88 Å². The number of hydrogen-bond acceptors (Lipinski definition) is 5. The monoisotopic (exact) mass is 682 g/mol. The third-order valence-electron chi connectivity index (χ3n) is 10.00. The molecular weight excluding hydrogens is 649 g/mol. The van der Waals surface area contributed by atoms with Gasteiger partial charge in [0.2, 0.25) is 0 Å². The Labute approximate surface area is 307 Å². The summed E-state index contributed by atoms with van der Waals surface area (Å²) in [6.45, 7) is 0. The number of anilines is 5. The van der Waals surface area contributed by atoms with Crippen LogP contribution >= 0.6 is 0 Å². The predicted octanol–water partition coefficient (Wildman–Crippen LogP) is 11.7. The van der Waals surface area contributed by atoms with Crippen LogP contribution in [-0.4, -0.2) is 14.5 Å². The van der Waals surface area contributed by atoms with E-state index in [9.17, 15) is 0 Å².